The number of rotatable bonds is 1. The molecular weight excluding hydrogens is 346 g/mol. The van der Waals surface area contributed by atoms with Crippen LogP contribution in [0.4, 0.5) is 23.2 Å². The molecule has 1 aromatic carbocycles. The fourth-order valence-corrected chi connectivity index (χ4v) is 2.86. The Morgan fingerprint density at radius 3 is 2.67 bits per heavy atom. The minimum Gasteiger partial charge on any atom is -0.382 e. The Hall–Kier alpha value is -2.15. The van der Waals surface area contributed by atoms with E-state index in [-0.39, 0.29) is 23.0 Å². The number of nitrogens with one attached hydrogen (secondary N) is 1. The topological polar surface area (TPSA) is 37.3 Å². The van der Waals surface area contributed by atoms with Gasteiger partial charge in [-0.15, -0.1) is 0 Å². The minimum atomic E-state index is -4.63. The minimum absolute atomic E-state index is 0.00782. The van der Waals surface area contributed by atoms with Gasteiger partial charge in [0.1, 0.15) is 5.69 Å². The van der Waals surface area contributed by atoms with Crippen LogP contribution in [0.3, 0.4) is 0 Å². The van der Waals surface area contributed by atoms with Crippen LogP contribution >= 0.6 is 11.6 Å². The van der Waals surface area contributed by atoms with Crippen molar-refractivity contribution in [3.63, 3.8) is 0 Å². The van der Waals surface area contributed by atoms with E-state index in [0.717, 1.165) is 6.07 Å². The molecule has 1 unspecified atom stereocenters. The maximum atomic E-state index is 14.2. The molecule has 3 nitrogen and oxygen atoms in total. The molecule has 0 bridgehead atoms. The number of pyridine rings is 1. The molecule has 126 valence electrons. The van der Waals surface area contributed by atoms with Gasteiger partial charge in [0.25, 0.3) is 0 Å². The molecule has 1 aliphatic rings. The Balaban J connectivity index is 2.30. The zero-order valence-corrected chi connectivity index (χ0v) is 13.2. The summed E-state index contributed by atoms with van der Waals surface area (Å²) in [5, 5.41) is 2.47. The average molecular weight is 358 g/mol. The first-order valence-corrected chi connectivity index (χ1v) is 7.49. The number of hydrogen-bond donors (Lipinski definition) is 1. The number of nitrogens with zero attached hydrogens (tertiary/aromatic N) is 2. The summed E-state index contributed by atoms with van der Waals surface area (Å²) >= 11 is 6.04. The molecule has 3 rings (SSSR count). The highest BCUT2D eigenvalue weighted by atomic mass is 35.5. The van der Waals surface area contributed by atoms with E-state index in [1.807, 2.05) is 0 Å². The summed E-state index contributed by atoms with van der Waals surface area (Å²) in [7, 11) is 0. The normalized spacial score (nSPS) is 17.6. The predicted octanol–water partition coefficient (Wildman–Crippen LogP) is 4.54. The maximum Gasteiger partial charge on any atom is 0.417 e. The molecule has 8 heteroatoms. The number of aliphatic imine (C=N–C) groups is 1. The molecule has 1 aliphatic heterocycles. The second kappa shape index (κ2) is 6.05. The van der Waals surface area contributed by atoms with Gasteiger partial charge in [-0.05, 0) is 31.2 Å². The lowest BCUT2D eigenvalue weighted by atomic mass is 10.0. The van der Waals surface area contributed by atoms with E-state index in [1.165, 1.54) is 24.4 Å². The molecule has 2 aromatic rings. The molecule has 0 amide bonds. The molecule has 0 saturated carbocycles. The fourth-order valence-electron chi connectivity index (χ4n) is 2.50. The Morgan fingerprint density at radius 1 is 1.25 bits per heavy atom. The van der Waals surface area contributed by atoms with Crippen LogP contribution < -0.4 is 5.32 Å². The SMILES string of the molecule is CC1CNc2ccc(C(F)(F)F)c(Cl)c2C(c2ncccc2F)=N1. The van der Waals surface area contributed by atoms with Crippen LogP contribution in [0, 0.1) is 5.82 Å². The number of hydrogen-bond acceptors (Lipinski definition) is 3. The van der Waals surface area contributed by atoms with Crippen molar-refractivity contribution >= 4 is 23.0 Å². The van der Waals surface area contributed by atoms with E-state index in [1.54, 1.807) is 6.92 Å². The molecule has 0 radical (unpaired) electrons. The largest absolute Gasteiger partial charge is 0.417 e. The van der Waals surface area contributed by atoms with Crippen molar-refractivity contribution in [1.82, 2.24) is 4.98 Å². The molecule has 0 spiro atoms. The summed E-state index contributed by atoms with van der Waals surface area (Å²) in [6.45, 7) is 2.14. The quantitative estimate of drug-likeness (QED) is 0.760. The van der Waals surface area contributed by atoms with Gasteiger partial charge in [-0.25, -0.2) is 4.39 Å². The Morgan fingerprint density at radius 2 is 2.00 bits per heavy atom. The highest BCUT2D eigenvalue weighted by molar-refractivity contribution is 6.37. The van der Waals surface area contributed by atoms with Gasteiger partial charge in [0, 0.05) is 24.0 Å². The van der Waals surface area contributed by atoms with Crippen molar-refractivity contribution in [3.8, 4) is 0 Å². The van der Waals surface area contributed by atoms with Crippen LogP contribution in [0.2, 0.25) is 5.02 Å². The summed E-state index contributed by atoms with van der Waals surface area (Å²) in [5.41, 5.74) is -0.745. The van der Waals surface area contributed by atoms with E-state index in [0.29, 0.717) is 12.2 Å². The number of halogens is 5. The first-order chi connectivity index (χ1) is 11.3. The molecule has 0 fully saturated rings. The van der Waals surface area contributed by atoms with E-state index in [9.17, 15) is 17.6 Å². The van der Waals surface area contributed by atoms with Gasteiger partial charge in [0.05, 0.1) is 22.3 Å². The number of fused-ring (bicyclic) bond motifs is 1. The number of alkyl halides is 3. The highest BCUT2D eigenvalue weighted by Gasteiger charge is 2.36. The average Bonchev–Trinajstić information content (AvgIpc) is 2.67. The van der Waals surface area contributed by atoms with Gasteiger partial charge in [-0.1, -0.05) is 11.6 Å². The third-order valence-electron chi connectivity index (χ3n) is 3.60. The Bertz CT molecular complexity index is 817. The molecule has 1 atom stereocenters. The highest BCUT2D eigenvalue weighted by Crippen LogP contribution is 2.40. The first-order valence-electron chi connectivity index (χ1n) is 7.11. The van der Waals surface area contributed by atoms with Crippen LogP contribution in [-0.4, -0.2) is 23.3 Å². The summed E-state index contributed by atoms with van der Waals surface area (Å²) in [6, 6.07) is 4.45. The van der Waals surface area contributed by atoms with Crippen molar-refractivity contribution in [1.29, 1.82) is 0 Å². The van der Waals surface area contributed by atoms with Gasteiger partial charge < -0.3 is 5.32 Å². The van der Waals surface area contributed by atoms with Gasteiger partial charge in [-0.2, -0.15) is 13.2 Å². The molecule has 1 N–H and O–H groups in total. The van der Waals surface area contributed by atoms with E-state index in [4.69, 9.17) is 11.6 Å². The number of aromatic nitrogens is 1. The van der Waals surface area contributed by atoms with Crippen molar-refractivity contribution in [2.75, 3.05) is 11.9 Å². The summed E-state index contributed by atoms with van der Waals surface area (Å²) in [4.78, 5) is 8.27. The number of anilines is 1. The fraction of sp³-hybridized carbons (Fsp3) is 0.250. The molecule has 0 aliphatic carbocycles. The van der Waals surface area contributed by atoms with Crippen molar-refractivity contribution < 1.29 is 17.6 Å². The molecular formula is C16H12ClF4N3. The zero-order valence-electron chi connectivity index (χ0n) is 12.5. The second-order valence-corrected chi connectivity index (χ2v) is 5.77. The first kappa shape index (κ1) is 16.7. The summed E-state index contributed by atoms with van der Waals surface area (Å²) in [5.74, 6) is -0.676. The van der Waals surface area contributed by atoms with E-state index >= 15 is 0 Å². The summed E-state index contributed by atoms with van der Waals surface area (Å²) in [6.07, 6.45) is -3.27. The lowest BCUT2D eigenvalue weighted by Gasteiger charge is -2.17. The maximum absolute atomic E-state index is 14.2. The predicted molar refractivity (Wildman–Crippen MR) is 84.2 cm³/mol. The number of benzene rings is 1. The van der Waals surface area contributed by atoms with Crippen LogP contribution in [-0.2, 0) is 6.18 Å². The van der Waals surface area contributed by atoms with Gasteiger partial charge in [0.2, 0.25) is 0 Å². The van der Waals surface area contributed by atoms with Gasteiger partial charge in [-0.3, -0.25) is 9.98 Å². The van der Waals surface area contributed by atoms with Gasteiger partial charge >= 0.3 is 6.18 Å². The van der Waals surface area contributed by atoms with Crippen LogP contribution in [0.25, 0.3) is 0 Å². The third-order valence-corrected chi connectivity index (χ3v) is 4.00. The zero-order chi connectivity index (χ0) is 17.5. The third kappa shape index (κ3) is 2.96. The standard InChI is InChI=1S/C16H12ClF4N3/c1-8-7-23-11-5-4-9(16(19,20)21)13(17)12(11)15(24-8)14-10(18)3-2-6-22-14/h2-6,8,23H,7H2,1H3. The molecule has 24 heavy (non-hydrogen) atoms. The van der Waals surface area contributed by atoms with Crippen LogP contribution in [0.5, 0.6) is 0 Å². The Labute approximate surface area is 140 Å². The van der Waals surface area contributed by atoms with Crippen molar-refractivity contribution in [3.05, 3.63) is 58.1 Å². The molecule has 1 aromatic heterocycles. The van der Waals surface area contributed by atoms with E-state index in [2.05, 4.69) is 15.3 Å². The van der Waals surface area contributed by atoms with Gasteiger partial charge in [0.15, 0.2) is 5.82 Å². The van der Waals surface area contributed by atoms with Crippen LogP contribution in [0.15, 0.2) is 35.5 Å². The second-order valence-electron chi connectivity index (χ2n) is 5.39. The number of benzodiazepines with no additional fused rings is 1. The lowest BCUT2D eigenvalue weighted by Crippen LogP contribution is -2.14. The lowest BCUT2D eigenvalue weighted by molar-refractivity contribution is -0.137. The van der Waals surface area contributed by atoms with Crippen molar-refractivity contribution in [2.24, 2.45) is 4.99 Å². The molecule has 0 saturated heterocycles. The smallest absolute Gasteiger partial charge is 0.382 e. The summed E-state index contributed by atoms with van der Waals surface area (Å²) < 4.78 is 53.7. The monoisotopic (exact) mass is 357 g/mol. The molecule has 2 heterocycles. The van der Waals surface area contributed by atoms with Crippen molar-refractivity contribution in [2.45, 2.75) is 19.1 Å². The van der Waals surface area contributed by atoms with Crippen LogP contribution in [0.1, 0.15) is 23.7 Å². The van der Waals surface area contributed by atoms with E-state index < -0.39 is 22.6 Å². The Kier molecular flexibility index (Phi) is 4.21.